The van der Waals surface area contributed by atoms with Gasteiger partial charge >= 0.3 is 0 Å². The number of Topliss-reactive ketones (excluding diaryl/α,β-unsaturated/α-hetero) is 1. The maximum absolute atomic E-state index is 10.9. The van der Waals surface area contributed by atoms with Gasteiger partial charge in [-0.15, -0.1) is 0 Å². The number of hydrogen-bond acceptors (Lipinski definition) is 3. The fourth-order valence-corrected chi connectivity index (χ4v) is 1.25. The average Bonchev–Trinajstić information content (AvgIpc) is 2.41. The van der Waals surface area contributed by atoms with Crippen LogP contribution in [0.1, 0.15) is 28.2 Å². The number of ketones is 1. The zero-order chi connectivity index (χ0) is 7.14. The fourth-order valence-electron chi connectivity index (χ4n) is 1.25. The molecule has 1 aromatic rings. The summed E-state index contributed by atoms with van der Waals surface area (Å²) >= 11 is 0. The van der Waals surface area contributed by atoms with Crippen molar-refractivity contribution in [3.8, 4) is 0 Å². The molecule has 0 N–H and O–H groups in total. The van der Waals surface area contributed by atoms with Gasteiger partial charge in [-0.2, -0.15) is 0 Å². The van der Waals surface area contributed by atoms with Crippen molar-refractivity contribution in [3.05, 3.63) is 17.0 Å². The van der Waals surface area contributed by atoms with E-state index in [0.29, 0.717) is 12.2 Å². The van der Waals surface area contributed by atoms with Crippen molar-refractivity contribution >= 4 is 5.78 Å². The number of hydrogen-bond donors (Lipinski definition) is 0. The summed E-state index contributed by atoms with van der Waals surface area (Å²) in [6.45, 7) is 1.86. The minimum Gasteiger partial charge on any atom is -0.353 e. The monoisotopic (exact) mass is 137 g/mol. The standard InChI is InChI=1S/C7H7NO2/c1-4-5-2-3-6(9)7(5)10-8-4/h2-3H2,1H3. The lowest BCUT2D eigenvalue weighted by molar-refractivity contribution is 0.0961. The average molecular weight is 137 g/mol. The van der Waals surface area contributed by atoms with Gasteiger partial charge in [0, 0.05) is 12.0 Å². The van der Waals surface area contributed by atoms with Crippen molar-refractivity contribution in [3.63, 3.8) is 0 Å². The van der Waals surface area contributed by atoms with Gasteiger partial charge in [-0.05, 0) is 13.3 Å². The van der Waals surface area contributed by atoms with Crippen LogP contribution < -0.4 is 0 Å². The molecule has 0 bridgehead atoms. The van der Waals surface area contributed by atoms with E-state index in [0.717, 1.165) is 17.7 Å². The molecule has 1 aliphatic rings. The summed E-state index contributed by atoms with van der Waals surface area (Å²) in [5, 5.41) is 3.69. The van der Waals surface area contributed by atoms with E-state index in [2.05, 4.69) is 5.16 Å². The highest BCUT2D eigenvalue weighted by Gasteiger charge is 2.26. The molecule has 3 nitrogen and oxygen atoms in total. The van der Waals surface area contributed by atoms with Crippen molar-refractivity contribution in [2.75, 3.05) is 0 Å². The van der Waals surface area contributed by atoms with Crippen LogP contribution in [-0.2, 0) is 6.42 Å². The number of carbonyl (C=O) groups is 1. The molecule has 0 atom stereocenters. The van der Waals surface area contributed by atoms with Crippen LogP contribution in [0.5, 0.6) is 0 Å². The maximum Gasteiger partial charge on any atom is 0.205 e. The maximum atomic E-state index is 10.9. The lowest BCUT2D eigenvalue weighted by atomic mass is 10.2. The quantitative estimate of drug-likeness (QED) is 0.538. The Morgan fingerprint density at radius 2 is 2.30 bits per heavy atom. The molecule has 0 unspecified atom stereocenters. The lowest BCUT2D eigenvalue weighted by Crippen LogP contribution is -1.87. The van der Waals surface area contributed by atoms with Gasteiger partial charge in [0.2, 0.25) is 11.5 Å². The van der Waals surface area contributed by atoms with Gasteiger partial charge in [-0.3, -0.25) is 4.79 Å². The molecule has 0 saturated carbocycles. The highest BCUT2D eigenvalue weighted by atomic mass is 16.5. The first-order chi connectivity index (χ1) is 4.79. The normalized spacial score (nSPS) is 15.9. The van der Waals surface area contributed by atoms with E-state index < -0.39 is 0 Å². The van der Waals surface area contributed by atoms with Crippen LogP contribution in [0.2, 0.25) is 0 Å². The summed E-state index contributed by atoms with van der Waals surface area (Å²) in [5.74, 6) is 0.577. The molecule has 3 heteroatoms. The third-order valence-corrected chi connectivity index (χ3v) is 1.84. The van der Waals surface area contributed by atoms with Crippen LogP contribution in [0.3, 0.4) is 0 Å². The van der Waals surface area contributed by atoms with Crippen LogP contribution >= 0.6 is 0 Å². The molecule has 1 aliphatic carbocycles. The number of carbonyl (C=O) groups excluding carboxylic acids is 1. The second-order valence-corrected chi connectivity index (χ2v) is 2.50. The summed E-state index contributed by atoms with van der Waals surface area (Å²) in [4.78, 5) is 10.9. The van der Waals surface area contributed by atoms with E-state index in [4.69, 9.17) is 4.52 Å². The van der Waals surface area contributed by atoms with Gasteiger partial charge in [0.15, 0.2) is 0 Å². The number of fused-ring (bicyclic) bond motifs is 1. The van der Waals surface area contributed by atoms with Crippen LogP contribution in [0.15, 0.2) is 4.52 Å². The SMILES string of the molecule is Cc1noc2c1CCC2=O. The van der Waals surface area contributed by atoms with Crippen LogP contribution in [0.4, 0.5) is 0 Å². The molecule has 1 aromatic heterocycles. The predicted octanol–water partition coefficient (Wildman–Crippen LogP) is 1.11. The summed E-state index contributed by atoms with van der Waals surface area (Å²) in [5.41, 5.74) is 1.87. The Hall–Kier alpha value is -1.12. The molecule has 10 heavy (non-hydrogen) atoms. The molecule has 0 aromatic carbocycles. The van der Waals surface area contributed by atoms with Crippen molar-refractivity contribution in [1.29, 1.82) is 0 Å². The molecule has 0 aliphatic heterocycles. The van der Waals surface area contributed by atoms with E-state index in [1.807, 2.05) is 6.92 Å². The van der Waals surface area contributed by atoms with E-state index in [9.17, 15) is 4.79 Å². The Bertz CT molecular complexity index is 288. The predicted molar refractivity (Wildman–Crippen MR) is 33.9 cm³/mol. The molecule has 52 valence electrons. The van der Waals surface area contributed by atoms with Gasteiger partial charge in [0.1, 0.15) is 0 Å². The third kappa shape index (κ3) is 0.546. The number of aromatic nitrogens is 1. The van der Waals surface area contributed by atoms with Gasteiger partial charge in [0.05, 0.1) is 5.69 Å². The Kier molecular flexibility index (Phi) is 0.952. The van der Waals surface area contributed by atoms with Crippen molar-refractivity contribution in [1.82, 2.24) is 5.16 Å². The molecule has 2 rings (SSSR count). The molecular weight excluding hydrogens is 130 g/mol. The second-order valence-electron chi connectivity index (χ2n) is 2.50. The largest absolute Gasteiger partial charge is 0.353 e. The summed E-state index contributed by atoms with van der Waals surface area (Å²) in [6.07, 6.45) is 1.40. The van der Waals surface area contributed by atoms with Crippen LogP contribution in [-0.4, -0.2) is 10.9 Å². The molecule has 0 saturated heterocycles. The minimum atomic E-state index is 0.0931. The summed E-state index contributed by atoms with van der Waals surface area (Å²) < 4.78 is 4.82. The minimum absolute atomic E-state index is 0.0931. The first-order valence-corrected chi connectivity index (χ1v) is 3.27. The zero-order valence-electron chi connectivity index (χ0n) is 5.68. The van der Waals surface area contributed by atoms with E-state index in [1.54, 1.807) is 0 Å². The molecule has 0 spiro atoms. The van der Waals surface area contributed by atoms with Gasteiger partial charge in [-0.1, -0.05) is 5.16 Å². The number of aryl methyl sites for hydroxylation is 1. The Morgan fingerprint density at radius 1 is 1.50 bits per heavy atom. The Labute approximate surface area is 58.0 Å². The van der Waals surface area contributed by atoms with Crippen molar-refractivity contribution in [2.24, 2.45) is 0 Å². The van der Waals surface area contributed by atoms with Gasteiger partial charge in [-0.25, -0.2) is 0 Å². The summed E-state index contributed by atoms with van der Waals surface area (Å²) in [7, 11) is 0. The molecule has 0 amide bonds. The zero-order valence-corrected chi connectivity index (χ0v) is 5.68. The van der Waals surface area contributed by atoms with Crippen LogP contribution in [0, 0.1) is 6.92 Å². The van der Waals surface area contributed by atoms with E-state index in [1.165, 1.54) is 0 Å². The van der Waals surface area contributed by atoms with Crippen molar-refractivity contribution < 1.29 is 9.32 Å². The van der Waals surface area contributed by atoms with Crippen molar-refractivity contribution in [2.45, 2.75) is 19.8 Å². The van der Waals surface area contributed by atoms with Crippen LogP contribution in [0.25, 0.3) is 0 Å². The number of nitrogens with zero attached hydrogens (tertiary/aromatic N) is 1. The summed E-state index contributed by atoms with van der Waals surface area (Å²) in [6, 6.07) is 0. The number of rotatable bonds is 0. The molecule has 0 radical (unpaired) electrons. The lowest BCUT2D eigenvalue weighted by Gasteiger charge is -1.81. The smallest absolute Gasteiger partial charge is 0.205 e. The third-order valence-electron chi connectivity index (χ3n) is 1.84. The van der Waals surface area contributed by atoms with E-state index >= 15 is 0 Å². The first-order valence-electron chi connectivity index (χ1n) is 3.27. The Morgan fingerprint density at radius 3 is 3.00 bits per heavy atom. The molecule has 1 heterocycles. The highest BCUT2D eigenvalue weighted by molar-refractivity contribution is 5.97. The molecule has 0 fully saturated rings. The first kappa shape index (κ1) is 5.65. The van der Waals surface area contributed by atoms with Gasteiger partial charge < -0.3 is 4.52 Å². The second kappa shape index (κ2) is 1.68. The molecular formula is C7H7NO2. The Balaban J connectivity index is 2.63. The topological polar surface area (TPSA) is 43.1 Å². The highest BCUT2D eigenvalue weighted by Crippen LogP contribution is 2.23. The fraction of sp³-hybridized carbons (Fsp3) is 0.429. The van der Waals surface area contributed by atoms with E-state index in [-0.39, 0.29) is 5.78 Å². The van der Waals surface area contributed by atoms with Gasteiger partial charge in [0.25, 0.3) is 0 Å².